The second-order valence-electron chi connectivity index (χ2n) is 4.55. The highest BCUT2D eigenvalue weighted by molar-refractivity contribution is 5.43. The van der Waals surface area contributed by atoms with Gasteiger partial charge >= 0.3 is 0 Å². The highest BCUT2D eigenvalue weighted by Gasteiger charge is 2.41. The summed E-state index contributed by atoms with van der Waals surface area (Å²) in [6, 6.07) is 3.07. The second kappa shape index (κ2) is 4.63. The van der Waals surface area contributed by atoms with Crippen molar-refractivity contribution in [3.8, 4) is 5.75 Å². The molecular weight excluding hydrogens is 223 g/mol. The van der Waals surface area contributed by atoms with Gasteiger partial charge in [0.1, 0.15) is 11.6 Å². The van der Waals surface area contributed by atoms with Crippen LogP contribution < -0.4 is 4.74 Å². The molecule has 1 aromatic rings. The molecule has 1 aliphatic carbocycles. The van der Waals surface area contributed by atoms with Crippen LogP contribution in [0.15, 0.2) is 12.1 Å². The van der Waals surface area contributed by atoms with Crippen LogP contribution >= 0.6 is 0 Å². The van der Waals surface area contributed by atoms with Gasteiger partial charge in [0.15, 0.2) is 0 Å². The van der Waals surface area contributed by atoms with Crippen LogP contribution in [0.1, 0.15) is 24.0 Å². The van der Waals surface area contributed by atoms with Crippen LogP contribution in [0.4, 0.5) is 4.39 Å². The zero-order chi connectivity index (χ0) is 12.5. The number of aliphatic hydroxyl groups is 1. The van der Waals surface area contributed by atoms with Crippen LogP contribution in [0.3, 0.4) is 0 Å². The van der Waals surface area contributed by atoms with Crippen molar-refractivity contribution >= 4 is 0 Å². The molecule has 0 aliphatic heterocycles. The summed E-state index contributed by atoms with van der Waals surface area (Å²) in [6.07, 6.45) is 2.10. The standard InChI is InChI=1S/C13H17FO3/c1-16-8-10-11(14)4-3-9(12(10)17-2)7-13(15)5-6-13/h3-4,15H,5-8H2,1-2H3. The Morgan fingerprint density at radius 3 is 2.59 bits per heavy atom. The van der Waals surface area contributed by atoms with Gasteiger partial charge in [0.2, 0.25) is 0 Å². The molecule has 0 atom stereocenters. The zero-order valence-electron chi connectivity index (χ0n) is 10.1. The molecule has 0 amide bonds. The molecule has 1 saturated carbocycles. The molecule has 1 aliphatic rings. The first-order valence-electron chi connectivity index (χ1n) is 5.65. The summed E-state index contributed by atoms with van der Waals surface area (Å²) < 4.78 is 23.9. The van der Waals surface area contributed by atoms with Gasteiger partial charge in [0.25, 0.3) is 0 Å². The van der Waals surface area contributed by atoms with Crippen LogP contribution in [0.25, 0.3) is 0 Å². The highest BCUT2D eigenvalue weighted by atomic mass is 19.1. The minimum absolute atomic E-state index is 0.168. The van der Waals surface area contributed by atoms with Gasteiger partial charge in [-0.25, -0.2) is 4.39 Å². The van der Waals surface area contributed by atoms with Crippen molar-refractivity contribution in [3.05, 3.63) is 29.1 Å². The zero-order valence-corrected chi connectivity index (χ0v) is 10.1. The summed E-state index contributed by atoms with van der Waals surface area (Å²) in [5.74, 6) is 0.155. The van der Waals surface area contributed by atoms with Gasteiger partial charge in [-0.1, -0.05) is 6.07 Å². The summed E-state index contributed by atoms with van der Waals surface area (Å²) in [7, 11) is 3.02. The van der Waals surface area contributed by atoms with E-state index in [1.165, 1.54) is 20.3 Å². The van der Waals surface area contributed by atoms with Crippen LogP contribution in [-0.4, -0.2) is 24.9 Å². The number of methoxy groups -OCH3 is 2. The maximum Gasteiger partial charge on any atom is 0.132 e. The molecule has 0 aromatic heterocycles. The van der Waals surface area contributed by atoms with Crippen LogP contribution in [-0.2, 0) is 17.8 Å². The molecule has 0 heterocycles. The van der Waals surface area contributed by atoms with E-state index in [2.05, 4.69) is 0 Å². The van der Waals surface area contributed by atoms with Gasteiger partial charge < -0.3 is 14.6 Å². The summed E-state index contributed by atoms with van der Waals surface area (Å²) >= 11 is 0. The average Bonchev–Trinajstić information content (AvgIpc) is 3.02. The minimum Gasteiger partial charge on any atom is -0.496 e. The number of rotatable bonds is 5. The molecule has 0 saturated heterocycles. The third-order valence-corrected chi connectivity index (χ3v) is 3.12. The van der Waals surface area contributed by atoms with E-state index in [-0.39, 0.29) is 12.4 Å². The number of benzene rings is 1. The van der Waals surface area contributed by atoms with Crippen molar-refractivity contribution in [2.75, 3.05) is 14.2 Å². The molecule has 0 radical (unpaired) electrons. The quantitative estimate of drug-likeness (QED) is 0.856. The minimum atomic E-state index is -0.616. The predicted molar refractivity (Wildman–Crippen MR) is 61.6 cm³/mol. The number of ether oxygens (including phenoxy) is 2. The Hall–Kier alpha value is -1.13. The van der Waals surface area contributed by atoms with Gasteiger partial charge in [-0.15, -0.1) is 0 Å². The lowest BCUT2D eigenvalue weighted by atomic mass is 10.0. The second-order valence-corrected chi connectivity index (χ2v) is 4.55. The normalized spacial score (nSPS) is 16.9. The average molecular weight is 240 g/mol. The smallest absolute Gasteiger partial charge is 0.132 e. The lowest BCUT2D eigenvalue weighted by Gasteiger charge is -2.16. The third kappa shape index (κ3) is 2.58. The molecule has 2 rings (SSSR count). The molecule has 0 unspecified atom stereocenters. The van der Waals surface area contributed by atoms with E-state index in [0.717, 1.165) is 18.4 Å². The molecule has 0 spiro atoms. The van der Waals surface area contributed by atoms with Gasteiger partial charge in [-0.2, -0.15) is 0 Å². The van der Waals surface area contributed by atoms with E-state index in [1.54, 1.807) is 6.07 Å². The van der Waals surface area contributed by atoms with Crippen molar-refractivity contribution in [2.45, 2.75) is 31.5 Å². The predicted octanol–water partition coefficient (Wildman–Crippen LogP) is 2.05. The molecule has 4 heteroatoms. The molecule has 17 heavy (non-hydrogen) atoms. The lowest BCUT2D eigenvalue weighted by molar-refractivity contribution is 0.149. The highest BCUT2D eigenvalue weighted by Crippen LogP contribution is 2.41. The first-order valence-corrected chi connectivity index (χ1v) is 5.65. The summed E-state index contributed by atoms with van der Waals surface area (Å²) in [5, 5.41) is 9.91. The van der Waals surface area contributed by atoms with Crippen molar-refractivity contribution < 1.29 is 19.0 Å². The monoisotopic (exact) mass is 240 g/mol. The molecule has 1 fully saturated rings. The number of halogens is 1. The largest absolute Gasteiger partial charge is 0.496 e. The Balaban J connectivity index is 2.34. The Morgan fingerprint density at radius 1 is 1.35 bits per heavy atom. The van der Waals surface area contributed by atoms with E-state index in [0.29, 0.717) is 17.7 Å². The molecule has 1 N–H and O–H groups in total. The molecule has 94 valence electrons. The van der Waals surface area contributed by atoms with E-state index in [9.17, 15) is 9.50 Å². The first kappa shape index (κ1) is 12.3. The van der Waals surface area contributed by atoms with Gasteiger partial charge in [0, 0.05) is 13.5 Å². The summed E-state index contributed by atoms with van der Waals surface area (Å²) in [5.41, 5.74) is 0.632. The molecule has 0 bridgehead atoms. The molecule has 3 nitrogen and oxygen atoms in total. The Bertz CT molecular complexity index is 413. The van der Waals surface area contributed by atoms with E-state index >= 15 is 0 Å². The van der Waals surface area contributed by atoms with Gasteiger partial charge in [0.05, 0.1) is 24.9 Å². The Morgan fingerprint density at radius 2 is 2.06 bits per heavy atom. The van der Waals surface area contributed by atoms with Crippen molar-refractivity contribution in [2.24, 2.45) is 0 Å². The Kier molecular flexibility index (Phi) is 3.35. The SMILES string of the molecule is COCc1c(F)ccc(CC2(O)CC2)c1OC. The first-order chi connectivity index (χ1) is 8.09. The number of hydrogen-bond donors (Lipinski definition) is 1. The van der Waals surface area contributed by atoms with E-state index in [1.807, 2.05) is 0 Å². The van der Waals surface area contributed by atoms with E-state index in [4.69, 9.17) is 9.47 Å². The fourth-order valence-electron chi connectivity index (χ4n) is 2.00. The number of hydrogen-bond acceptors (Lipinski definition) is 3. The lowest BCUT2D eigenvalue weighted by Crippen LogP contribution is -2.13. The third-order valence-electron chi connectivity index (χ3n) is 3.12. The fraction of sp³-hybridized carbons (Fsp3) is 0.538. The van der Waals surface area contributed by atoms with Gasteiger partial charge in [-0.05, 0) is 24.5 Å². The maximum atomic E-state index is 13.6. The van der Waals surface area contributed by atoms with Crippen LogP contribution in [0.5, 0.6) is 5.75 Å². The summed E-state index contributed by atoms with van der Waals surface area (Å²) in [6.45, 7) is 0.168. The summed E-state index contributed by atoms with van der Waals surface area (Å²) in [4.78, 5) is 0. The van der Waals surface area contributed by atoms with Crippen LogP contribution in [0, 0.1) is 5.82 Å². The van der Waals surface area contributed by atoms with Crippen molar-refractivity contribution in [1.82, 2.24) is 0 Å². The topological polar surface area (TPSA) is 38.7 Å². The van der Waals surface area contributed by atoms with Crippen LogP contribution in [0.2, 0.25) is 0 Å². The molecular formula is C13H17FO3. The Labute approximate surface area is 100 Å². The van der Waals surface area contributed by atoms with E-state index < -0.39 is 5.60 Å². The maximum absolute atomic E-state index is 13.6. The fourth-order valence-corrected chi connectivity index (χ4v) is 2.00. The van der Waals surface area contributed by atoms with Crippen molar-refractivity contribution in [3.63, 3.8) is 0 Å². The molecule has 1 aromatic carbocycles. The van der Waals surface area contributed by atoms with Gasteiger partial charge in [-0.3, -0.25) is 0 Å². The van der Waals surface area contributed by atoms with Crippen molar-refractivity contribution in [1.29, 1.82) is 0 Å².